The van der Waals surface area contributed by atoms with Crippen molar-refractivity contribution in [2.75, 3.05) is 18.4 Å². The number of amides is 2. The Labute approximate surface area is 179 Å². The summed E-state index contributed by atoms with van der Waals surface area (Å²) in [5.74, 6) is -0.178. The Morgan fingerprint density at radius 3 is 2.57 bits per heavy atom. The molecule has 0 radical (unpaired) electrons. The van der Waals surface area contributed by atoms with E-state index in [0.717, 1.165) is 36.7 Å². The molecule has 1 saturated heterocycles. The highest BCUT2D eigenvalue weighted by molar-refractivity contribution is 6.39. The van der Waals surface area contributed by atoms with Gasteiger partial charge in [-0.3, -0.25) is 14.5 Å². The van der Waals surface area contributed by atoms with Crippen LogP contribution in [0, 0.1) is 5.92 Å². The number of anilines is 1. The Morgan fingerprint density at radius 1 is 1.07 bits per heavy atom. The lowest BCUT2D eigenvalue weighted by molar-refractivity contribution is -0.136. The maximum absolute atomic E-state index is 12.4. The number of hydrogen-bond donors (Lipinski definition) is 2. The van der Waals surface area contributed by atoms with Crippen LogP contribution in [0.3, 0.4) is 0 Å². The standard InChI is InChI=1S/C25H33N3O2/c1-18(2)20-11-6-12-23(14-20)27-25(30)24(29)26-15-21-9-4-5-10-22(21)17-28-13-7-8-19(3)16-28/h4-6,9-12,14,18-19H,7-8,13,15-17H2,1-3H3,(H,26,29)(H,27,30). The third-order valence-electron chi connectivity index (χ3n) is 5.71. The number of nitrogens with one attached hydrogen (secondary N) is 2. The summed E-state index contributed by atoms with van der Waals surface area (Å²) >= 11 is 0. The van der Waals surface area contributed by atoms with E-state index >= 15 is 0 Å². The SMILES string of the molecule is CC1CCCN(Cc2ccccc2CNC(=O)C(=O)Nc2cccc(C(C)C)c2)C1. The Bertz CT molecular complexity index is 878. The number of carbonyl (C=O) groups is 2. The number of carbonyl (C=O) groups excluding carboxylic acids is 2. The minimum Gasteiger partial charge on any atom is -0.344 e. The molecular weight excluding hydrogens is 374 g/mol. The Balaban J connectivity index is 1.56. The second kappa shape index (κ2) is 10.4. The van der Waals surface area contributed by atoms with Crippen LogP contribution >= 0.6 is 0 Å². The van der Waals surface area contributed by atoms with E-state index in [1.54, 1.807) is 6.07 Å². The number of likely N-dealkylation sites (tertiary alicyclic amines) is 1. The van der Waals surface area contributed by atoms with Crippen LogP contribution < -0.4 is 10.6 Å². The van der Waals surface area contributed by atoms with E-state index < -0.39 is 11.8 Å². The molecule has 1 atom stereocenters. The maximum Gasteiger partial charge on any atom is 0.313 e. The first-order valence-corrected chi connectivity index (χ1v) is 10.9. The first kappa shape index (κ1) is 22.0. The molecule has 1 aliphatic rings. The zero-order valence-corrected chi connectivity index (χ0v) is 18.3. The summed E-state index contributed by atoms with van der Waals surface area (Å²) in [7, 11) is 0. The van der Waals surface area contributed by atoms with Crippen molar-refractivity contribution in [2.24, 2.45) is 5.92 Å². The van der Waals surface area contributed by atoms with Gasteiger partial charge in [0.1, 0.15) is 0 Å². The molecule has 30 heavy (non-hydrogen) atoms. The molecular formula is C25H33N3O2. The van der Waals surface area contributed by atoms with Gasteiger partial charge in [0.25, 0.3) is 0 Å². The van der Waals surface area contributed by atoms with Gasteiger partial charge in [-0.25, -0.2) is 0 Å². The molecule has 3 rings (SSSR count). The number of nitrogens with zero attached hydrogens (tertiary/aromatic N) is 1. The van der Waals surface area contributed by atoms with E-state index in [4.69, 9.17) is 0 Å². The zero-order chi connectivity index (χ0) is 21.5. The van der Waals surface area contributed by atoms with Crippen LogP contribution in [0.25, 0.3) is 0 Å². The van der Waals surface area contributed by atoms with Crippen LogP contribution in [0.15, 0.2) is 48.5 Å². The van der Waals surface area contributed by atoms with Gasteiger partial charge >= 0.3 is 11.8 Å². The normalized spacial score (nSPS) is 17.0. The lowest BCUT2D eigenvalue weighted by atomic mass is 9.99. The van der Waals surface area contributed by atoms with Crippen molar-refractivity contribution < 1.29 is 9.59 Å². The smallest absolute Gasteiger partial charge is 0.313 e. The molecule has 0 bridgehead atoms. The lowest BCUT2D eigenvalue weighted by Gasteiger charge is -2.31. The van der Waals surface area contributed by atoms with Crippen molar-refractivity contribution in [3.63, 3.8) is 0 Å². The van der Waals surface area contributed by atoms with Gasteiger partial charge in [-0.05, 0) is 60.0 Å². The minimum atomic E-state index is -0.641. The fourth-order valence-corrected chi connectivity index (χ4v) is 3.97. The van der Waals surface area contributed by atoms with Gasteiger partial charge < -0.3 is 10.6 Å². The summed E-state index contributed by atoms with van der Waals surface area (Å²) in [6, 6.07) is 15.7. The minimum absolute atomic E-state index is 0.345. The molecule has 2 amide bonds. The number of benzene rings is 2. The van der Waals surface area contributed by atoms with E-state index in [0.29, 0.717) is 18.2 Å². The largest absolute Gasteiger partial charge is 0.344 e. The first-order valence-electron chi connectivity index (χ1n) is 10.9. The summed E-state index contributed by atoms with van der Waals surface area (Å²) in [6.07, 6.45) is 2.53. The van der Waals surface area contributed by atoms with Gasteiger partial charge in [-0.1, -0.05) is 57.2 Å². The van der Waals surface area contributed by atoms with Crippen LogP contribution in [0.4, 0.5) is 5.69 Å². The molecule has 2 aromatic rings. The fraction of sp³-hybridized carbons (Fsp3) is 0.440. The van der Waals surface area contributed by atoms with Gasteiger partial charge in [0.05, 0.1) is 0 Å². The van der Waals surface area contributed by atoms with E-state index in [9.17, 15) is 9.59 Å². The molecule has 0 aliphatic carbocycles. The summed E-state index contributed by atoms with van der Waals surface area (Å²) in [5.41, 5.74) is 4.02. The molecule has 0 aromatic heterocycles. The molecule has 160 valence electrons. The van der Waals surface area contributed by atoms with Crippen LogP contribution in [0.2, 0.25) is 0 Å². The third-order valence-corrected chi connectivity index (χ3v) is 5.71. The van der Waals surface area contributed by atoms with E-state index in [1.807, 2.05) is 36.4 Å². The van der Waals surface area contributed by atoms with Crippen molar-refractivity contribution in [1.82, 2.24) is 10.2 Å². The Kier molecular flexibility index (Phi) is 7.63. The summed E-state index contributed by atoms with van der Waals surface area (Å²) < 4.78 is 0. The molecule has 0 spiro atoms. The Morgan fingerprint density at radius 2 is 1.83 bits per heavy atom. The molecule has 5 heteroatoms. The molecule has 2 N–H and O–H groups in total. The predicted octanol–water partition coefficient (Wildman–Crippen LogP) is 4.30. The van der Waals surface area contributed by atoms with Crippen LogP contribution in [0.5, 0.6) is 0 Å². The Hall–Kier alpha value is -2.66. The van der Waals surface area contributed by atoms with Crippen molar-refractivity contribution in [3.05, 3.63) is 65.2 Å². The summed E-state index contributed by atoms with van der Waals surface area (Å²) in [5, 5.41) is 5.47. The van der Waals surface area contributed by atoms with Crippen LogP contribution in [-0.2, 0) is 22.7 Å². The lowest BCUT2D eigenvalue weighted by Crippen LogP contribution is -2.36. The summed E-state index contributed by atoms with van der Waals surface area (Å²) in [6.45, 7) is 9.93. The van der Waals surface area contributed by atoms with Crippen molar-refractivity contribution >= 4 is 17.5 Å². The zero-order valence-electron chi connectivity index (χ0n) is 18.3. The fourth-order valence-electron chi connectivity index (χ4n) is 3.97. The second-order valence-electron chi connectivity index (χ2n) is 8.67. The quantitative estimate of drug-likeness (QED) is 0.702. The number of piperidine rings is 1. The molecule has 1 heterocycles. The number of rotatable bonds is 6. The van der Waals surface area contributed by atoms with Crippen molar-refractivity contribution in [2.45, 2.75) is 52.6 Å². The highest BCUT2D eigenvalue weighted by Gasteiger charge is 2.18. The molecule has 1 fully saturated rings. The van der Waals surface area contributed by atoms with Crippen LogP contribution in [-0.4, -0.2) is 29.8 Å². The third kappa shape index (κ3) is 6.17. The van der Waals surface area contributed by atoms with E-state index in [2.05, 4.69) is 42.4 Å². The average Bonchev–Trinajstić information content (AvgIpc) is 2.73. The van der Waals surface area contributed by atoms with Crippen LogP contribution in [0.1, 0.15) is 56.2 Å². The molecule has 2 aromatic carbocycles. The van der Waals surface area contributed by atoms with E-state index in [-0.39, 0.29) is 0 Å². The molecule has 1 unspecified atom stereocenters. The monoisotopic (exact) mass is 407 g/mol. The molecule has 0 saturated carbocycles. The van der Waals surface area contributed by atoms with Gasteiger partial charge in [0.15, 0.2) is 0 Å². The first-order chi connectivity index (χ1) is 14.4. The average molecular weight is 408 g/mol. The topological polar surface area (TPSA) is 61.4 Å². The van der Waals surface area contributed by atoms with Crippen molar-refractivity contribution in [3.8, 4) is 0 Å². The molecule has 1 aliphatic heterocycles. The highest BCUT2D eigenvalue weighted by Crippen LogP contribution is 2.20. The predicted molar refractivity (Wildman–Crippen MR) is 121 cm³/mol. The van der Waals surface area contributed by atoms with Gasteiger partial charge in [0.2, 0.25) is 0 Å². The second-order valence-corrected chi connectivity index (χ2v) is 8.67. The van der Waals surface area contributed by atoms with E-state index in [1.165, 1.54) is 18.4 Å². The summed E-state index contributed by atoms with van der Waals surface area (Å²) in [4.78, 5) is 27.1. The highest BCUT2D eigenvalue weighted by atomic mass is 16.2. The van der Waals surface area contributed by atoms with Gasteiger partial charge in [-0.15, -0.1) is 0 Å². The maximum atomic E-state index is 12.4. The van der Waals surface area contributed by atoms with Crippen molar-refractivity contribution in [1.29, 1.82) is 0 Å². The van der Waals surface area contributed by atoms with Gasteiger partial charge in [-0.2, -0.15) is 0 Å². The molecule has 5 nitrogen and oxygen atoms in total. The number of hydrogen-bond acceptors (Lipinski definition) is 3. The van der Waals surface area contributed by atoms with Gasteiger partial charge in [0, 0.05) is 25.3 Å².